The molecule has 0 atom stereocenters. The van der Waals surface area contributed by atoms with Gasteiger partial charge in [-0.3, -0.25) is 4.79 Å². The molecule has 8 heteroatoms. The minimum Gasteiger partial charge on any atom is -0.504 e. The van der Waals surface area contributed by atoms with Crippen LogP contribution in [0.15, 0.2) is 77.9 Å². The molecule has 3 aromatic rings. The number of phenolic OH excluding ortho intramolecular Hbond substituents is 2. The van der Waals surface area contributed by atoms with Crippen LogP contribution in [0, 0.1) is 0 Å². The van der Waals surface area contributed by atoms with Crippen LogP contribution in [0.2, 0.25) is 0 Å². The summed E-state index contributed by atoms with van der Waals surface area (Å²) in [6, 6.07) is 19.4. The van der Waals surface area contributed by atoms with Gasteiger partial charge in [0.15, 0.2) is 33.9 Å². The minimum atomic E-state index is -0.118. The summed E-state index contributed by atoms with van der Waals surface area (Å²) in [5, 5.41) is 23.6. The van der Waals surface area contributed by atoms with Crippen molar-refractivity contribution >= 4 is 41.0 Å². The van der Waals surface area contributed by atoms with E-state index in [0.29, 0.717) is 52.0 Å². The monoisotopic (exact) mass is 502 g/mol. The first-order valence-electron chi connectivity index (χ1n) is 11.2. The number of hydrogen-bond acceptors (Lipinski definition) is 6. The number of para-hydroxylation sites is 1. The van der Waals surface area contributed by atoms with Crippen molar-refractivity contribution < 1.29 is 24.5 Å². The van der Waals surface area contributed by atoms with E-state index in [1.54, 1.807) is 36.4 Å². The molecule has 3 aromatic carbocycles. The maximum atomic E-state index is 13.5. The second-order valence-corrected chi connectivity index (χ2v) is 8.57. The predicted octanol–water partition coefficient (Wildman–Crippen LogP) is 4.86. The Labute approximate surface area is 214 Å². The van der Waals surface area contributed by atoms with Crippen LogP contribution in [-0.4, -0.2) is 53.3 Å². The standard InChI is InChI=1S/C28H26N2O5S/c1-34-25-14-18(8-10-23(25)31)12-20-16-30(28(36)29-22-6-4-3-5-7-22)17-21(27(20)33)13-19-9-11-24(32)26(15-19)35-2/h3-15,31-32H,16-17H2,1-2H3,(H,29,36)/b20-12+,21-13+. The van der Waals surface area contributed by atoms with Crippen molar-refractivity contribution in [3.8, 4) is 23.0 Å². The summed E-state index contributed by atoms with van der Waals surface area (Å²) in [5.74, 6) is 0.556. The Kier molecular flexibility index (Phi) is 7.56. The van der Waals surface area contributed by atoms with Crippen molar-refractivity contribution in [2.24, 2.45) is 0 Å². The number of methoxy groups -OCH3 is 2. The third kappa shape index (κ3) is 5.67. The molecule has 184 valence electrons. The number of likely N-dealkylation sites (tertiary alicyclic amines) is 1. The summed E-state index contributed by atoms with van der Waals surface area (Å²) in [6.45, 7) is 0.605. The number of benzene rings is 3. The van der Waals surface area contributed by atoms with E-state index in [1.165, 1.54) is 26.4 Å². The summed E-state index contributed by atoms with van der Waals surface area (Å²) >= 11 is 5.69. The smallest absolute Gasteiger partial charge is 0.188 e. The summed E-state index contributed by atoms with van der Waals surface area (Å²) in [4.78, 5) is 15.4. The molecule has 4 rings (SSSR count). The van der Waals surface area contributed by atoms with Gasteiger partial charge in [-0.05, 0) is 71.9 Å². The van der Waals surface area contributed by atoms with E-state index in [2.05, 4.69) is 5.32 Å². The highest BCUT2D eigenvalue weighted by Gasteiger charge is 2.28. The zero-order chi connectivity index (χ0) is 25.7. The number of anilines is 1. The highest BCUT2D eigenvalue weighted by atomic mass is 32.1. The Bertz CT molecular complexity index is 1280. The number of nitrogens with one attached hydrogen (secondary N) is 1. The van der Waals surface area contributed by atoms with E-state index in [1.807, 2.05) is 35.2 Å². The second-order valence-electron chi connectivity index (χ2n) is 8.18. The van der Waals surface area contributed by atoms with Crippen LogP contribution < -0.4 is 14.8 Å². The highest BCUT2D eigenvalue weighted by molar-refractivity contribution is 7.80. The lowest BCUT2D eigenvalue weighted by atomic mass is 9.94. The van der Waals surface area contributed by atoms with Crippen molar-refractivity contribution in [1.29, 1.82) is 0 Å². The molecule has 1 saturated heterocycles. The summed E-state index contributed by atoms with van der Waals surface area (Å²) < 4.78 is 10.4. The van der Waals surface area contributed by atoms with Gasteiger partial charge in [0.1, 0.15) is 0 Å². The van der Waals surface area contributed by atoms with E-state index < -0.39 is 0 Å². The molecule has 7 nitrogen and oxygen atoms in total. The number of aromatic hydroxyl groups is 2. The van der Waals surface area contributed by atoms with E-state index in [-0.39, 0.29) is 17.3 Å². The largest absolute Gasteiger partial charge is 0.504 e. The molecule has 0 saturated carbocycles. The Morgan fingerprint density at radius 3 is 1.83 bits per heavy atom. The molecule has 3 N–H and O–H groups in total. The number of nitrogens with zero attached hydrogens (tertiary/aromatic N) is 1. The molecule has 0 radical (unpaired) electrons. The summed E-state index contributed by atoms with van der Waals surface area (Å²) in [6.07, 6.45) is 3.54. The first kappa shape index (κ1) is 24.8. The first-order valence-corrected chi connectivity index (χ1v) is 11.6. The predicted molar refractivity (Wildman–Crippen MR) is 145 cm³/mol. The molecule has 36 heavy (non-hydrogen) atoms. The molecular weight excluding hydrogens is 476 g/mol. The molecule has 0 amide bonds. The molecule has 1 aliphatic rings. The fourth-order valence-corrected chi connectivity index (χ4v) is 4.12. The fourth-order valence-electron chi connectivity index (χ4n) is 3.88. The van der Waals surface area contributed by atoms with Gasteiger partial charge >= 0.3 is 0 Å². The molecule has 0 unspecified atom stereocenters. The SMILES string of the molecule is COc1cc(/C=C2\CN(C(=S)Nc3ccccc3)C/C(=C\c3ccc(O)c(OC)c3)C2=O)ccc1O. The Hall–Kier alpha value is -4.30. The van der Waals surface area contributed by atoms with Gasteiger partial charge in [-0.25, -0.2) is 0 Å². The van der Waals surface area contributed by atoms with Crippen LogP contribution in [-0.2, 0) is 4.79 Å². The number of ketones is 1. The van der Waals surface area contributed by atoms with Gasteiger partial charge in [0, 0.05) is 29.9 Å². The van der Waals surface area contributed by atoms with Crippen molar-refractivity contribution in [2.45, 2.75) is 0 Å². The van der Waals surface area contributed by atoms with Gasteiger partial charge in [0.2, 0.25) is 0 Å². The maximum Gasteiger partial charge on any atom is 0.188 e. The van der Waals surface area contributed by atoms with Gasteiger partial charge in [-0.1, -0.05) is 30.3 Å². The lowest BCUT2D eigenvalue weighted by molar-refractivity contribution is -0.113. The minimum absolute atomic E-state index is 0.0198. The first-order chi connectivity index (χ1) is 17.4. The third-order valence-electron chi connectivity index (χ3n) is 5.71. The lowest BCUT2D eigenvalue weighted by Gasteiger charge is -2.32. The van der Waals surface area contributed by atoms with Gasteiger partial charge in [-0.2, -0.15) is 0 Å². The van der Waals surface area contributed by atoms with Gasteiger partial charge in [-0.15, -0.1) is 0 Å². The lowest BCUT2D eigenvalue weighted by Crippen LogP contribution is -2.43. The van der Waals surface area contributed by atoms with Crippen LogP contribution in [0.1, 0.15) is 11.1 Å². The third-order valence-corrected chi connectivity index (χ3v) is 6.07. The molecule has 0 aromatic heterocycles. The van der Waals surface area contributed by atoms with Crippen molar-refractivity contribution in [3.05, 3.63) is 89.0 Å². The average Bonchev–Trinajstić information content (AvgIpc) is 2.89. The van der Waals surface area contributed by atoms with E-state index in [0.717, 1.165) is 5.69 Å². The Morgan fingerprint density at radius 2 is 1.36 bits per heavy atom. The van der Waals surface area contributed by atoms with Crippen LogP contribution in [0.4, 0.5) is 5.69 Å². The zero-order valence-electron chi connectivity index (χ0n) is 19.9. The number of carbonyl (C=O) groups is 1. The van der Waals surface area contributed by atoms with Crippen LogP contribution in [0.25, 0.3) is 12.2 Å². The van der Waals surface area contributed by atoms with Crippen molar-refractivity contribution in [2.75, 3.05) is 32.6 Å². The molecule has 1 aliphatic heterocycles. The topological polar surface area (TPSA) is 91.3 Å². The van der Waals surface area contributed by atoms with Gasteiger partial charge < -0.3 is 29.9 Å². The molecule has 1 heterocycles. The molecule has 0 bridgehead atoms. The summed E-state index contributed by atoms with van der Waals surface area (Å²) in [5.41, 5.74) is 3.33. The second kappa shape index (κ2) is 11.0. The Morgan fingerprint density at radius 1 is 0.861 bits per heavy atom. The van der Waals surface area contributed by atoms with Crippen LogP contribution in [0.5, 0.6) is 23.0 Å². The van der Waals surface area contributed by atoms with Crippen LogP contribution in [0.3, 0.4) is 0 Å². The summed E-state index contributed by atoms with van der Waals surface area (Å²) in [7, 11) is 2.94. The quantitative estimate of drug-likeness (QED) is 0.337. The molecular formula is C28H26N2O5S. The highest BCUT2D eigenvalue weighted by Crippen LogP contribution is 2.30. The maximum absolute atomic E-state index is 13.5. The van der Waals surface area contributed by atoms with Crippen molar-refractivity contribution in [3.63, 3.8) is 0 Å². The number of Topliss-reactive ketones (excluding diaryl/α,β-unsaturated/α-hetero) is 1. The van der Waals surface area contributed by atoms with Crippen LogP contribution >= 0.6 is 12.2 Å². The van der Waals surface area contributed by atoms with E-state index >= 15 is 0 Å². The average molecular weight is 503 g/mol. The van der Waals surface area contributed by atoms with Gasteiger partial charge in [0.05, 0.1) is 14.2 Å². The number of rotatable bonds is 5. The van der Waals surface area contributed by atoms with Gasteiger partial charge in [0.25, 0.3) is 0 Å². The van der Waals surface area contributed by atoms with E-state index in [4.69, 9.17) is 21.7 Å². The number of carbonyl (C=O) groups excluding carboxylic acids is 1. The zero-order valence-corrected chi connectivity index (χ0v) is 20.7. The molecule has 0 aliphatic carbocycles. The van der Waals surface area contributed by atoms with E-state index in [9.17, 15) is 15.0 Å². The number of ether oxygens (including phenoxy) is 2. The number of thiocarbonyl (C=S) groups is 1. The molecule has 1 fully saturated rings. The fraction of sp³-hybridized carbons (Fsp3) is 0.143. The molecule has 0 spiro atoms. The number of hydrogen-bond donors (Lipinski definition) is 3. The number of piperidine rings is 1. The normalized spacial score (nSPS) is 15.7. The Balaban J connectivity index is 1.71. The number of phenols is 2. The van der Waals surface area contributed by atoms with Crippen molar-refractivity contribution in [1.82, 2.24) is 4.90 Å².